The van der Waals surface area contributed by atoms with Crippen molar-refractivity contribution >= 4 is 34.8 Å². The number of H-pyrrole nitrogens is 1. The van der Waals surface area contributed by atoms with Crippen LogP contribution in [-0.2, 0) is 17.6 Å². The summed E-state index contributed by atoms with van der Waals surface area (Å²) in [7, 11) is 0. The van der Waals surface area contributed by atoms with Gasteiger partial charge in [-0.15, -0.1) is 5.53 Å². The zero-order valence-corrected chi connectivity index (χ0v) is 21.4. The number of anilines is 1. The molecule has 0 aliphatic carbocycles. The minimum absolute atomic E-state index is 0.305. The number of carbonyl (C=O) groups excluding carboxylic acids is 1. The van der Waals surface area contributed by atoms with Crippen LogP contribution in [0.15, 0.2) is 83.4 Å². The fourth-order valence-corrected chi connectivity index (χ4v) is 4.38. The summed E-state index contributed by atoms with van der Waals surface area (Å²) in [6.45, 7) is 0.332. The molecule has 3 heterocycles. The number of hydrogen-bond acceptors (Lipinski definition) is 8. The van der Waals surface area contributed by atoms with Crippen LogP contribution in [0.25, 0.3) is 11.3 Å². The van der Waals surface area contributed by atoms with Crippen molar-refractivity contribution in [3.63, 3.8) is 0 Å². The second-order valence-corrected chi connectivity index (χ2v) is 9.29. The van der Waals surface area contributed by atoms with E-state index in [9.17, 15) is 9.59 Å². The Morgan fingerprint density at radius 2 is 1.92 bits per heavy atom. The first kappa shape index (κ1) is 25.5. The highest BCUT2D eigenvalue weighted by molar-refractivity contribution is 6.31. The zero-order valence-electron chi connectivity index (χ0n) is 19.9. The number of benzene rings is 2. The van der Waals surface area contributed by atoms with Crippen molar-refractivity contribution in [2.24, 2.45) is 0 Å². The summed E-state index contributed by atoms with van der Waals surface area (Å²) in [6.07, 6.45) is 5.24. The number of halogens is 2. The molecule has 0 fully saturated rings. The lowest BCUT2D eigenvalue weighted by Gasteiger charge is -2.21. The van der Waals surface area contributed by atoms with Crippen LogP contribution in [0.2, 0.25) is 5.02 Å². The van der Waals surface area contributed by atoms with Crippen molar-refractivity contribution in [1.82, 2.24) is 41.0 Å². The molecule has 194 valence electrons. The first-order valence-corrected chi connectivity index (χ1v) is 12.5. The van der Waals surface area contributed by atoms with Crippen molar-refractivity contribution in [3.05, 3.63) is 105 Å². The summed E-state index contributed by atoms with van der Waals surface area (Å²) in [5.41, 5.74) is 7.90. The maximum absolute atomic E-state index is 13.4. The second-order valence-electron chi connectivity index (χ2n) is 8.44. The average molecular weight is 552 g/mol. The van der Waals surface area contributed by atoms with Gasteiger partial charge in [0.1, 0.15) is 23.3 Å². The number of nitrogens with zero attached hydrogens (tertiary/aromatic N) is 5. The summed E-state index contributed by atoms with van der Waals surface area (Å²) < 4.78 is 1.34. The Balaban J connectivity index is 1.44. The van der Waals surface area contributed by atoms with Gasteiger partial charge >= 0.3 is 0 Å². The summed E-state index contributed by atoms with van der Waals surface area (Å²) in [5.74, 6) is 0.352. The summed E-state index contributed by atoms with van der Waals surface area (Å²) in [5, 5.41) is 12.0. The molecule has 0 saturated heterocycles. The molecular weight excluding hydrogens is 529 g/mol. The van der Waals surface area contributed by atoms with Crippen LogP contribution in [0.5, 0.6) is 0 Å². The quantitative estimate of drug-likeness (QED) is 0.233. The summed E-state index contributed by atoms with van der Waals surface area (Å²) in [6, 6.07) is 15.3. The highest BCUT2D eigenvalue weighted by atomic mass is 35.5. The van der Waals surface area contributed by atoms with Crippen LogP contribution in [-0.4, -0.2) is 37.2 Å². The number of amides is 1. The van der Waals surface area contributed by atoms with E-state index in [-0.39, 0.29) is 11.5 Å². The standard InChI is InChI=1S/C25H23Cl2N9O2/c26-17-6-7-20(36-13-22(27)32-34-36)18(11-17)19-12-24(37)35(15-30-19)21(10-16-4-2-1-3-5-16)25(38)28-9-8-23-29-14-31-33-23/h1-7,11-15,21,32,34H,8-10H2,(H,28,38)(H,29,31,33)/t21-/m0/s1. The molecule has 0 spiro atoms. The molecule has 4 N–H and O–H groups in total. The predicted molar refractivity (Wildman–Crippen MR) is 144 cm³/mol. The highest BCUT2D eigenvalue weighted by Gasteiger charge is 2.24. The van der Waals surface area contributed by atoms with Crippen molar-refractivity contribution in [1.29, 1.82) is 0 Å². The van der Waals surface area contributed by atoms with Gasteiger partial charge in [-0.1, -0.05) is 53.5 Å². The molecule has 38 heavy (non-hydrogen) atoms. The number of hydrazine groups is 2. The molecule has 0 radical (unpaired) electrons. The molecule has 5 rings (SSSR count). The molecular formula is C25H23Cl2N9O2. The van der Waals surface area contributed by atoms with Gasteiger partial charge in [-0.05, 0) is 23.8 Å². The molecule has 2 aromatic carbocycles. The number of aromatic nitrogens is 5. The molecule has 4 aromatic rings. The third kappa shape index (κ3) is 5.86. The Bertz CT molecular complexity index is 1510. The minimum atomic E-state index is -0.814. The van der Waals surface area contributed by atoms with E-state index in [4.69, 9.17) is 23.2 Å². The van der Waals surface area contributed by atoms with Gasteiger partial charge in [-0.25, -0.2) is 9.97 Å². The first-order valence-electron chi connectivity index (χ1n) is 11.7. The summed E-state index contributed by atoms with van der Waals surface area (Å²) in [4.78, 5) is 35.3. The molecule has 2 aromatic heterocycles. The smallest absolute Gasteiger partial charge is 0.254 e. The van der Waals surface area contributed by atoms with Gasteiger partial charge in [-0.3, -0.25) is 29.7 Å². The van der Waals surface area contributed by atoms with Gasteiger partial charge in [0.05, 0.1) is 23.9 Å². The average Bonchev–Trinajstić information content (AvgIpc) is 3.60. The molecule has 1 atom stereocenters. The minimum Gasteiger partial charge on any atom is -0.354 e. The van der Waals surface area contributed by atoms with Crippen LogP contribution in [0.4, 0.5) is 5.69 Å². The fraction of sp³-hybridized carbons (Fsp3) is 0.160. The van der Waals surface area contributed by atoms with E-state index in [0.29, 0.717) is 52.3 Å². The van der Waals surface area contributed by atoms with Gasteiger partial charge in [-0.2, -0.15) is 5.10 Å². The van der Waals surface area contributed by atoms with E-state index in [2.05, 4.69) is 36.4 Å². The number of carbonyl (C=O) groups is 1. The Morgan fingerprint density at radius 1 is 1.08 bits per heavy atom. The van der Waals surface area contributed by atoms with E-state index in [0.717, 1.165) is 5.56 Å². The number of hydrogen-bond donors (Lipinski definition) is 4. The van der Waals surface area contributed by atoms with Gasteiger partial charge in [0.2, 0.25) is 5.91 Å². The van der Waals surface area contributed by atoms with E-state index >= 15 is 0 Å². The third-order valence-corrected chi connectivity index (χ3v) is 6.33. The van der Waals surface area contributed by atoms with Crippen LogP contribution < -0.4 is 26.8 Å². The normalized spacial score (nSPS) is 13.6. The Labute approximate surface area is 227 Å². The van der Waals surface area contributed by atoms with Crippen molar-refractivity contribution in [2.45, 2.75) is 18.9 Å². The topological polar surface area (TPSA) is 133 Å². The van der Waals surface area contributed by atoms with E-state index in [1.165, 1.54) is 23.3 Å². The molecule has 1 amide bonds. The van der Waals surface area contributed by atoms with E-state index in [1.807, 2.05) is 30.3 Å². The van der Waals surface area contributed by atoms with Crippen LogP contribution in [0.3, 0.4) is 0 Å². The Hall–Kier alpha value is -4.19. The van der Waals surface area contributed by atoms with Gasteiger partial charge in [0, 0.05) is 36.0 Å². The molecule has 1 aliphatic rings. The number of aromatic amines is 1. The lowest BCUT2D eigenvalue weighted by atomic mass is 10.0. The highest BCUT2D eigenvalue weighted by Crippen LogP contribution is 2.32. The lowest BCUT2D eigenvalue weighted by molar-refractivity contribution is -0.124. The molecule has 0 bridgehead atoms. The van der Waals surface area contributed by atoms with Crippen LogP contribution >= 0.6 is 23.2 Å². The van der Waals surface area contributed by atoms with Gasteiger partial charge in [0.15, 0.2) is 0 Å². The third-order valence-electron chi connectivity index (χ3n) is 5.90. The molecule has 13 heteroatoms. The molecule has 0 saturated carbocycles. The zero-order chi connectivity index (χ0) is 26.5. The monoisotopic (exact) mass is 551 g/mol. The van der Waals surface area contributed by atoms with Crippen LogP contribution in [0, 0.1) is 0 Å². The molecule has 11 nitrogen and oxygen atoms in total. The number of nitrogens with one attached hydrogen (secondary N) is 4. The molecule has 0 unspecified atom stereocenters. The number of rotatable bonds is 9. The first-order chi connectivity index (χ1) is 18.5. The SMILES string of the molecule is O=C(NCCc1ncn[nH]1)[C@H](Cc1ccccc1)n1cnc(-c2cc(Cl)ccc2N2C=C(Cl)NN2)cc1=O. The van der Waals surface area contributed by atoms with Crippen molar-refractivity contribution in [3.8, 4) is 11.3 Å². The van der Waals surface area contributed by atoms with E-state index < -0.39 is 6.04 Å². The maximum Gasteiger partial charge on any atom is 0.254 e. The van der Waals surface area contributed by atoms with Gasteiger partial charge < -0.3 is 5.32 Å². The van der Waals surface area contributed by atoms with E-state index in [1.54, 1.807) is 29.4 Å². The largest absolute Gasteiger partial charge is 0.354 e. The van der Waals surface area contributed by atoms with Gasteiger partial charge in [0.25, 0.3) is 5.56 Å². The Morgan fingerprint density at radius 3 is 2.63 bits per heavy atom. The maximum atomic E-state index is 13.4. The predicted octanol–water partition coefficient (Wildman–Crippen LogP) is 2.69. The molecule has 1 aliphatic heterocycles. The van der Waals surface area contributed by atoms with Crippen molar-refractivity contribution < 1.29 is 4.79 Å². The Kier molecular flexibility index (Phi) is 7.68. The van der Waals surface area contributed by atoms with Crippen molar-refractivity contribution in [2.75, 3.05) is 11.6 Å². The van der Waals surface area contributed by atoms with Crippen LogP contribution in [0.1, 0.15) is 17.4 Å². The second kappa shape index (κ2) is 11.5. The summed E-state index contributed by atoms with van der Waals surface area (Å²) >= 11 is 12.3. The fourth-order valence-electron chi connectivity index (χ4n) is 4.06. The lowest BCUT2D eigenvalue weighted by Crippen LogP contribution is -2.39.